The van der Waals surface area contributed by atoms with Gasteiger partial charge >= 0.3 is 0 Å². The van der Waals surface area contributed by atoms with Crippen LogP contribution in [-0.2, 0) is 12.8 Å². The molecule has 20 heavy (non-hydrogen) atoms. The summed E-state index contributed by atoms with van der Waals surface area (Å²) >= 11 is 5.49. The molecule has 0 aliphatic carbocycles. The Kier molecular flexibility index (Phi) is 6.77. The highest BCUT2D eigenvalue weighted by atomic mass is 79.9. The second-order valence-corrected chi connectivity index (χ2v) is 6.93. The highest BCUT2D eigenvalue weighted by molar-refractivity contribution is 9.10. The molecule has 1 atom stereocenters. The predicted molar refractivity (Wildman–Crippen MR) is 92.6 cm³/mol. The summed E-state index contributed by atoms with van der Waals surface area (Å²) < 4.78 is 1.26. The Morgan fingerprint density at radius 2 is 2.00 bits per heavy atom. The SMILES string of the molecule is CCCNC(CCc1ccccc1)Cc1sccc1Br. The molecule has 0 aliphatic heterocycles. The molecule has 0 saturated heterocycles. The van der Waals surface area contributed by atoms with Crippen molar-refractivity contribution in [2.24, 2.45) is 0 Å². The van der Waals surface area contributed by atoms with Crippen molar-refractivity contribution < 1.29 is 0 Å². The first-order valence-electron chi connectivity index (χ1n) is 7.28. The van der Waals surface area contributed by atoms with Gasteiger partial charge in [-0.15, -0.1) is 11.3 Å². The van der Waals surface area contributed by atoms with E-state index in [1.54, 1.807) is 0 Å². The van der Waals surface area contributed by atoms with Gasteiger partial charge in [-0.25, -0.2) is 0 Å². The van der Waals surface area contributed by atoms with Gasteiger partial charge in [0.15, 0.2) is 0 Å². The lowest BCUT2D eigenvalue weighted by molar-refractivity contribution is 0.479. The first-order valence-corrected chi connectivity index (χ1v) is 8.96. The maximum absolute atomic E-state index is 3.69. The van der Waals surface area contributed by atoms with Crippen LogP contribution >= 0.6 is 27.3 Å². The van der Waals surface area contributed by atoms with Crippen molar-refractivity contribution in [2.45, 2.75) is 38.6 Å². The second-order valence-electron chi connectivity index (χ2n) is 5.07. The lowest BCUT2D eigenvalue weighted by atomic mass is 10.0. The Morgan fingerprint density at radius 1 is 1.20 bits per heavy atom. The highest BCUT2D eigenvalue weighted by Gasteiger charge is 2.12. The number of halogens is 1. The van der Waals surface area contributed by atoms with Crippen LogP contribution in [0.2, 0.25) is 0 Å². The van der Waals surface area contributed by atoms with Crippen LogP contribution in [0.3, 0.4) is 0 Å². The third-order valence-electron chi connectivity index (χ3n) is 3.43. The van der Waals surface area contributed by atoms with Crippen molar-refractivity contribution >= 4 is 27.3 Å². The number of hydrogen-bond acceptors (Lipinski definition) is 2. The topological polar surface area (TPSA) is 12.0 Å². The van der Waals surface area contributed by atoms with Crippen molar-refractivity contribution in [2.75, 3.05) is 6.54 Å². The zero-order valence-electron chi connectivity index (χ0n) is 11.9. The van der Waals surface area contributed by atoms with E-state index in [2.05, 4.69) is 69.9 Å². The van der Waals surface area contributed by atoms with E-state index in [1.807, 2.05) is 11.3 Å². The van der Waals surface area contributed by atoms with Crippen LogP contribution in [0.15, 0.2) is 46.3 Å². The molecule has 0 saturated carbocycles. The van der Waals surface area contributed by atoms with Gasteiger partial charge in [0.25, 0.3) is 0 Å². The van der Waals surface area contributed by atoms with Crippen molar-refractivity contribution in [3.05, 3.63) is 56.7 Å². The van der Waals surface area contributed by atoms with Gasteiger partial charge in [0.2, 0.25) is 0 Å². The summed E-state index contributed by atoms with van der Waals surface area (Å²) in [6.45, 7) is 3.32. The van der Waals surface area contributed by atoms with E-state index < -0.39 is 0 Å². The summed E-state index contributed by atoms with van der Waals surface area (Å²) in [5, 5.41) is 5.85. The summed E-state index contributed by atoms with van der Waals surface area (Å²) in [5.74, 6) is 0. The van der Waals surface area contributed by atoms with Crippen LogP contribution in [0.25, 0.3) is 0 Å². The van der Waals surface area contributed by atoms with Crippen LogP contribution in [0.5, 0.6) is 0 Å². The average Bonchev–Trinajstić information content (AvgIpc) is 2.88. The molecule has 2 rings (SSSR count). The van der Waals surface area contributed by atoms with Crippen molar-refractivity contribution in [1.29, 1.82) is 0 Å². The maximum Gasteiger partial charge on any atom is 0.0314 e. The normalized spacial score (nSPS) is 12.5. The van der Waals surface area contributed by atoms with Gasteiger partial charge in [0.05, 0.1) is 0 Å². The number of nitrogens with one attached hydrogen (secondary N) is 1. The maximum atomic E-state index is 3.69. The fourth-order valence-electron chi connectivity index (χ4n) is 2.30. The Balaban J connectivity index is 1.91. The standard InChI is InChI=1S/C17H22BrNS/c1-2-11-19-15(13-17-16(18)10-12-20-17)9-8-14-6-4-3-5-7-14/h3-7,10,12,15,19H,2,8-9,11,13H2,1H3. The molecule has 108 valence electrons. The van der Waals surface area contributed by atoms with Crippen molar-refractivity contribution in [1.82, 2.24) is 5.32 Å². The van der Waals surface area contributed by atoms with Gasteiger partial charge in [0, 0.05) is 15.4 Å². The molecule has 0 amide bonds. The molecule has 0 spiro atoms. The molecular formula is C17H22BrNS. The second kappa shape index (κ2) is 8.60. The van der Waals surface area contributed by atoms with Crippen LogP contribution < -0.4 is 5.32 Å². The van der Waals surface area contributed by atoms with Gasteiger partial charge in [-0.05, 0) is 65.2 Å². The Labute approximate surface area is 134 Å². The third-order valence-corrected chi connectivity index (χ3v) is 5.38. The molecule has 1 N–H and O–H groups in total. The van der Waals surface area contributed by atoms with Crippen LogP contribution in [0.4, 0.5) is 0 Å². The lowest BCUT2D eigenvalue weighted by Crippen LogP contribution is -2.32. The molecule has 1 aromatic heterocycles. The van der Waals surface area contributed by atoms with Crippen molar-refractivity contribution in [3.8, 4) is 0 Å². The first-order chi connectivity index (χ1) is 9.79. The van der Waals surface area contributed by atoms with E-state index in [4.69, 9.17) is 0 Å². The molecule has 0 radical (unpaired) electrons. The van der Waals surface area contributed by atoms with E-state index in [0.29, 0.717) is 6.04 Å². The summed E-state index contributed by atoms with van der Waals surface area (Å²) in [4.78, 5) is 1.45. The van der Waals surface area contributed by atoms with E-state index in [-0.39, 0.29) is 0 Å². The highest BCUT2D eigenvalue weighted by Crippen LogP contribution is 2.24. The average molecular weight is 352 g/mol. The van der Waals surface area contributed by atoms with E-state index in [9.17, 15) is 0 Å². The summed E-state index contributed by atoms with van der Waals surface area (Å²) in [6.07, 6.45) is 4.64. The lowest BCUT2D eigenvalue weighted by Gasteiger charge is -2.18. The molecule has 1 aromatic carbocycles. The van der Waals surface area contributed by atoms with Crippen LogP contribution in [-0.4, -0.2) is 12.6 Å². The third kappa shape index (κ3) is 5.04. The Hall–Kier alpha value is -0.640. The summed E-state index contributed by atoms with van der Waals surface area (Å²) in [6, 6.07) is 13.5. The molecule has 2 aromatic rings. The molecule has 1 nitrogen and oxygen atoms in total. The molecule has 1 heterocycles. The fourth-order valence-corrected chi connectivity index (χ4v) is 3.90. The monoisotopic (exact) mass is 351 g/mol. The van der Waals surface area contributed by atoms with Gasteiger partial charge in [-0.3, -0.25) is 0 Å². The van der Waals surface area contributed by atoms with Gasteiger partial charge in [0.1, 0.15) is 0 Å². The van der Waals surface area contributed by atoms with Gasteiger partial charge in [-0.2, -0.15) is 0 Å². The number of benzene rings is 1. The van der Waals surface area contributed by atoms with Crippen molar-refractivity contribution in [3.63, 3.8) is 0 Å². The van der Waals surface area contributed by atoms with Crippen LogP contribution in [0.1, 0.15) is 30.2 Å². The van der Waals surface area contributed by atoms with E-state index >= 15 is 0 Å². The molecule has 0 aliphatic rings. The minimum atomic E-state index is 0.560. The zero-order valence-corrected chi connectivity index (χ0v) is 14.3. The molecular weight excluding hydrogens is 330 g/mol. The number of hydrogen-bond donors (Lipinski definition) is 1. The molecule has 1 unspecified atom stereocenters. The smallest absolute Gasteiger partial charge is 0.0314 e. The zero-order chi connectivity index (χ0) is 14.2. The summed E-state index contributed by atoms with van der Waals surface area (Å²) in [5.41, 5.74) is 1.43. The Morgan fingerprint density at radius 3 is 2.65 bits per heavy atom. The van der Waals surface area contributed by atoms with Gasteiger partial charge < -0.3 is 5.32 Å². The number of thiophene rings is 1. The minimum Gasteiger partial charge on any atom is -0.314 e. The fraction of sp³-hybridized carbons (Fsp3) is 0.412. The first kappa shape index (κ1) is 15.7. The minimum absolute atomic E-state index is 0.560. The number of rotatable bonds is 8. The molecule has 3 heteroatoms. The van der Waals surface area contributed by atoms with Gasteiger partial charge in [-0.1, -0.05) is 37.3 Å². The largest absolute Gasteiger partial charge is 0.314 e. The molecule has 0 fully saturated rings. The summed E-state index contributed by atoms with van der Waals surface area (Å²) in [7, 11) is 0. The quantitative estimate of drug-likeness (QED) is 0.701. The predicted octanol–water partition coefficient (Wildman–Crippen LogP) is 5.05. The van der Waals surface area contributed by atoms with Crippen LogP contribution in [0, 0.1) is 0 Å². The Bertz CT molecular complexity index is 495. The molecule has 0 bridgehead atoms. The number of aryl methyl sites for hydroxylation is 1. The van der Waals surface area contributed by atoms with E-state index in [1.165, 1.54) is 27.8 Å². The van der Waals surface area contributed by atoms with E-state index in [0.717, 1.165) is 19.4 Å².